The second-order valence-electron chi connectivity index (χ2n) is 6.93. The van der Waals surface area contributed by atoms with Gasteiger partial charge < -0.3 is 5.32 Å². The number of amides is 2. The van der Waals surface area contributed by atoms with Crippen LogP contribution in [0.5, 0.6) is 0 Å². The fourth-order valence-corrected chi connectivity index (χ4v) is 5.06. The third-order valence-electron chi connectivity index (χ3n) is 4.65. The lowest BCUT2D eigenvalue weighted by Gasteiger charge is -2.11. The molecule has 1 N–H and O–H groups in total. The fraction of sp³-hybridized carbons (Fsp3) is 0.238. The molecule has 29 heavy (non-hydrogen) atoms. The van der Waals surface area contributed by atoms with Crippen LogP contribution >= 0.6 is 23.1 Å². The minimum absolute atomic E-state index is 0.0973. The molecule has 2 aromatic carbocycles. The van der Waals surface area contributed by atoms with E-state index in [1.165, 1.54) is 28.0 Å². The molecule has 1 fully saturated rings. The van der Waals surface area contributed by atoms with Crippen LogP contribution < -0.4 is 5.32 Å². The van der Waals surface area contributed by atoms with Gasteiger partial charge in [0.25, 0.3) is 0 Å². The summed E-state index contributed by atoms with van der Waals surface area (Å²) < 4.78 is 1.05. The van der Waals surface area contributed by atoms with Crippen molar-refractivity contribution in [2.45, 2.75) is 25.5 Å². The topological polar surface area (TPSA) is 74.7 Å². The molecule has 2 amide bonds. The van der Waals surface area contributed by atoms with E-state index >= 15 is 0 Å². The Bertz CT molecular complexity index is 1110. The number of para-hydroxylation sites is 1. The molecule has 0 spiro atoms. The number of hydrogen-bond acceptors (Lipinski definition) is 6. The Hall–Kier alpha value is -2.71. The fourth-order valence-electron chi connectivity index (χ4n) is 3.03. The van der Waals surface area contributed by atoms with E-state index in [2.05, 4.69) is 15.3 Å². The standard InChI is InChI=1S/C21H20N4O2S2/c1-12-8-9-13(2)15(10-12)22-18(26)11-17-19(27)25(3)21(29-17)24-20-23-14-6-4-5-7-16(14)28-20/h4-10,17H,11H2,1-3H3,(H,22,26)/b24-21+. The summed E-state index contributed by atoms with van der Waals surface area (Å²) in [7, 11) is 1.68. The first-order valence-corrected chi connectivity index (χ1v) is 10.9. The number of nitrogens with one attached hydrogen (secondary N) is 1. The molecule has 6 nitrogen and oxygen atoms in total. The number of aliphatic imine (C=N–C) groups is 1. The van der Waals surface area contributed by atoms with Gasteiger partial charge in [-0.1, -0.05) is 47.4 Å². The third-order valence-corrected chi connectivity index (χ3v) is 6.81. The zero-order chi connectivity index (χ0) is 20.5. The van der Waals surface area contributed by atoms with E-state index in [1.54, 1.807) is 7.05 Å². The number of fused-ring (bicyclic) bond motifs is 1. The van der Waals surface area contributed by atoms with Crippen LogP contribution in [0.4, 0.5) is 10.8 Å². The van der Waals surface area contributed by atoms with Gasteiger partial charge in [-0.3, -0.25) is 14.5 Å². The lowest BCUT2D eigenvalue weighted by atomic mass is 10.1. The van der Waals surface area contributed by atoms with Crippen molar-refractivity contribution in [2.24, 2.45) is 4.99 Å². The maximum atomic E-state index is 12.6. The summed E-state index contributed by atoms with van der Waals surface area (Å²) >= 11 is 2.79. The van der Waals surface area contributed by atoms with E-state index in [-0.39, 0.29) is 18.2 Å². The predicted molar refractivity (Wildman–Crippen MR) is 120 cm³/mol. The number of thiazole rings is 1. The van der Waals surface area contributed by atoms with Crippen LogP contribution in [0.15, 0.2) is 47.5 Å². The van der Waals surface area contributed by atoms with E-state index < -0.39 is 5.25 Å². The quantitative estimate of drug-likeness (QED) is 0.669. The smallest absolute Gasteiger partial charge is 0.242 e. The molecule has 1 aliphatic rings. The molecule has 4 rings (SSSR count). The lowest BCUT2D eigenvalue weighted by Crippen LogP contribution is -2.30. The summed E-state index contributed by atoms with van der Waals surface area (Å²) in [6, 6.07) is 13.7. The highest BCUT2D eigenvalue weighted by atomic mass is 32.2. The summed E-state index contributed by atoms with van der Waals surface area (Å²) in [6.07, 6.45) is 0.0973. The number of nitrogens with zero attached hydrogens (tertiary/aromatic N) is 3. The van der Waals surface area contributed by atoms with Crippen LogP contribution in [0.3, 0.4) is 0 Å². The van der Waals surface area contributed by atoms with Gasteiger partial charge in [0.1, 0.15) is 5.25 Å². The Balaban J connectivity index is 1.47. The first-order valence-electron chi connectivity index (χ1n) is 9.16. The average molecular weight is 425 g/mol. The van der Waals surface area contributed by atoms with Gasteiger partial charge in [-0.25, -0.2) is 4.98 Å². The Morgan fingerprint density at radius 2 is 2.03 bits per heavy atom. The average Bonchev–Trinajstić information content (AvgIpc) is 3.21. The normalized spacial score (nSPS) is 18.0. The summed E-state index contributed by atoms with van der Waals surface area (Å²) in [5, 5.41) is 3.61. The van der Waals surface area contributed by atoms with Crippen LogP contribution in [-0.4, -0.2) is 39.2 Å². The van der Waals surface area contributed by atoms with Crippen LogP contribution in [0.25, 0.3) is 10.2 Å². The van der Waals surface area contributed by atoms with Crippen molar-refractivity contribution in [3.8, 4) is 0 Å². The molecular weight excluding hydrogens is 404 g/mol. The molecule has 1 unspecified atom stereocenters. The largest absolute Gasteiger partial charge is 0.326 e. The van der Waals surface area contributed by atoms with E-state index in [4.69, 9.17) is 0 Å². The summed E-state index contributed by atoms with van der Waals surface area (Å²) in [4.78, 5) is 35.7. The molecule has 1 atom stereocenters. The number of hydrogen-bond donors (Lipinski definition) is 1. The molecule has 1 aliphatic heterocycles. The van der Waals surface area contributed by atoms with Crippen molar-refractivity contribution in [3.05, 3.63) is 53.6 Å². The maximum absolute atomic E-state index is 12.6. The van der Waals surface area contributed by atoms with Gasteiger partial charge >= 0.3 is 0 Å². The number of amidine groups is 1. The van der Waals surface area contributed by atoms with Crippen LogP contribution in [-0.2, 0) is 9.59 Å². The first kappa shape index (κ1) is 19.6. The van der Waals surface area contributed by atoms with Crippen molar-refractivity contribution in [2.75, 3.05) is 12.4 Å². The number of anilines is 1. The van der Waals surface area contributed by atoms with E-state index in [9.17, 15) is 9.59 Å². The lowest BCUT2D eigenvalue weighted by molar-refractivity contribution is -0.127. The maximum Gasteiger partial charge on any atom is 0.242 e. The Morgan fingerprint density at radius 3 is 2.83 bits per heavy atom. The third kappa shape index (κ3) is 4.18. The minimum Gasteiger partial charge on any atom is -0.326 e. The van der Waals surface area contributed by atoms with Crippen LogP contribution in [0.1, 0.15) is 17.5 Å². The molecular formula is C21H20N4O2S2. The van der Waals surface area contributed by atoms with Gasteiger partial charge in [0.05, 0.1) is 10.2 Å². The first-order chi connectivity index (χ1) is 13.9. The number of benzene rings is 2. The summed E-state index contributed by atoms with van der Waals surface area (Å²) in [5.74, 6) is -0.301. The van der Waals surface area contributed by atoms with Gasteiger partial charge in [0, 0.05) is 19.2 Å². The predicted octanol–water partition coefficient (Wildman–Crippen LogP) is 4.50. The molecule has 148 valence electrons. The zero-order valence-corrected chi connectivity index (χ0v) is 17.9. The Labute approximate surface area is 177 Å². The Kier molecular flexibility index (Phi) is 5.38. The SMILES string of the molecule is Cc1ccc(C)c(NC(=O)CC2S/C(=N/c3nc4ccccc4s3)N(C)C2=O)c1. The summed E-state index contributed by atoms with van der Waals surface area (Å²) in [6.45, 7) is 3.92. The highest BCUT2D eigenvalue weighted by molar-refractivity contribution is 8.15. The Morgan fingerprint density at radius 1 is 1.24 bits per heavy atom. The number of aromatic nitrogens is 1. The molecule has 0 bridgehead atoms. The summed E-state index contributed by atoms with van der Waals surface area (Å²) in [5.41, 5.74) is 3.73. The van der Waals surface area contributed by atoms with Crippen molar-refractivity contribution in [1.82, 2.24) is 9.88 Å². The van der Waals surface area contributed by atoms with Gasteiger partial charge in [0.2, 0.25) is 16.9 Å². The van der Waals surface area contributed by atoms with Gasteiger partial charge in [-0.2, -0.15) is 4.99 Å². The van der Waals surface area contributed by atoms with Crippen molar-refractivity contribution in [1.29, 1.82) is 0 Å². The minimum atomic E-state index is -0.488. The highest BCUT2D eigenvalue weighted by Crippen LogP contribution is 2.33. The molecule has 1 aromatic heterocycles. The monoisotopic (exact) mass is 424 g/mol. The van der Waals surface area contributed by atoms with Crippen molar-refractivity contribution in [3.63, 3.8) is 0 Å². The second kappa shape index (κ2) is 7.96. The van der Waals surface area contributed by atoms with Crippen molar-refractivity contribution < 1.29 is 9.59 Å². The van der Waals surface area contributed by atoms with Crippen LogP contribution in [0, 0.1) is 13.8 Å². The van der Waals surface area contributed by atoms with E-state index in [1.807, 2.05) is 56.3 Å². The molecule has 0 aliphatic carbocycles. The van der Waals surface area contributed by atoms with E-state index in [0.29, 0.717) is 10.3 Å². The zero-order valence-electron chi connectivity index (χ0n) is 16.3. The highest BCUT2D eigenvalue weighted by Gasteiger charge is 2.37. The van der Waals surface area contributed by atoms with E-state index in [0.717, 1.165) is 27.0 Å². The number of carbonyl (C=O) groups excluding carboxylic acids is 2. The second-order valence-corrected chi connectivity index (χ2v) is 9.11. The number of aryl methyl sites for hydroxylation is 2. The molecule has 0 radical (unpaired) electrons. The van der Waals surface area contributed by atoms with Gasteiger partial charge in [-0.05, 0) is 43.2 Å². The number of rotatable bonds is 4. The number of carbonyl (C=O) groups is 2. The van der Waals surface area contributed by atoms with Crippen molar-refractivity contribution >= 4 is 61.1 Å². The van der Waals surface area contributed by atoms with Gasteiger partial charge in [0.15, 0.2) is 5.17 Å². The molecule has 0 saturated carbocycles. The number of thioether (sulfide) groups is 1. The molecule has 1 saturated heterocycles. The molecule has 8 heteroatoms. The molecule has 2 heterocycles. The van der Waals surface area contributed by atoms with Gasteiger partial charge in [-0.15, -0.1) is 0 Å². The van der Waals surface area contributed by atoms with Crippen LogP contribution in [0.2, 0.25) is 0 Å². The molecule has 3 aromatic rings.